The van der Waals surface area contributed by atoms with Gasteiger partial charge < -0.3 is 5.32 Å². The first-order chi connectivity index (χ1) is 10.1. The summed E-state index contributed by atoms with van der Waals surface area (Å²) in [7, 11) is 0. The van der Waals surface area contributed by atoms with E-state index >= 15 is 0 Å². The highest BCUT2D eigenvalue weighted by Gasteiger charge is 2.33. The maximum absolute atomic E-state index is 14.1. The molecule has 0 bridgehead atoms. The third kappa shape index (κ3) is 3.25. The standard InChI is InChI=1S/C17H22F3N/c1-10-2-3-11(9-21-12-4-5-12)14(8-10)13-6-7-15(18)17(20)16(13)19/h6-7,10-12,14,21H,2-5,8-9H2,1H3. The Balaban J connectivity index is 1.82. The molecular formula is C17H22F3N. The highest BCUT2D eigenvalue weighted by atomic mass is 19.2. The normalized spacial score (nSPS) is 29.6. The Morgan fingerprint density at radius 1 is 1.05 bits per heavy atom. The predicted molar refractivity (Wildman–Crippen MR) is 76.6 cm³/mol. The van der Waals surface area contributed by atoms with E-state index in [4.69, 9.17) is 0 Å². The van der Waals surface area contributed by atoms with Crippen LogP contribution < -0.4 is 5.32 Å². The molecule has 2 saturated carbocycles. The minimum Gasteiger partial charge on any atom is -0.314 e. The minimum atomic E-state index is -1.33. The van der Waals surface area contributed by atoms with Crippen LogP contribution in [0.4, 0.5) is 13.2 Å². The van der Waals surface area contributed by atoms with Gasteiger partial charge in [-0.2, -0.15) is 0 Å². The van der Waals surface area contributed by atoms with Gasteiger partial charge in [-0.15, -0.1) is 0 Å². The van der Waals surface area contributed by atoms with Crippen LogP contribution in [0.15, 0.2) is 12.1 Å². The summed E-state index contributed by atoms with van der Waals surface area (Å²) in [5.74, 6) is -2.64. The zero-order valence-corrected chi connectivity index (χ0v) is 12.3. The summed E-state index contributed by atoms with van der Waals surface area (Å²) in [6.07, 6.45) is 5.42. The van der Waals surface area contributed by atoms with Gasteiger partial charge in [-0.05, 0) is 61.6 Å². The molecule has 0 saturated heterocycles. The van der Waals surface area contributed by atoms with Gasteiger partial charge in [0, 0.05) is 6.04 Å². The maximum Gasteiger partial charge on any atom is 0.194 e. The summed E-state index contributed by atoms with van der Waals surface area (Å²) in [5, 5.41) is 3.50. The van der Waals surface area contributed by atoms with Crippen LogP contribution in [-0.2, 0) is 0 Å². The fourth-order valence-electron chi connectivity index (χ4n) is 3.50. The number of hydrogen-bond donors (Lipinski definition) is 1. The Morgan fingerprint density at radius 2 is 1.81 bits per heavy atom. The number of nitrogens with one attached hydrogen (secondary N) is 1. The molecule has 2 fully saturated rings. The molecule has 0 aromatic heterocycles. The molecule has 2 aliphatic carbocycles. The molecule has 0 aliphatic heterocycles. The smallest absolute Gasteiger partial charge is 0.194 e. The zero-order chi connectivity index (χ0) is 15.0. The second-order valence-corrected chi connectivity index (χ2v) is 6.73. The Hall–Kier alpha value is -1.03. The molecule has 0 heterocycles. The van der Waals surface area contributed by atoms with E-state index in [0.717, 1.165) is 31.9 Å². The lowest BCUT2D eigenvalue weighted by Gasteiger charge is -2.35. The average molecular weight is 297 g/mol. The van der Waals surface area contributed by atoms with Gasteiger partial charge in [0.15, 0.2) is 17.5 Å². The summed E-state index contributed by atoms with van der Waals surface area (Å²) in [4.78, 5) is 0. The van der Waals surface area contributed by atoms with Crippen molar-refractivity contribution in [1.82, 2.24) is 5.32 Å². The molecule has 1 aromatic carbocycles. The predicted octanol–water partition coefficient (Wildman–Crippen LogP) is 4.38. The highest BCUT2D eigenvalue weighted by molar-refractivity contribution is 5.25. The van der Waals surface area contributed by atoms with Crippen LogP contribution in [0.5, 0.6) is 0 Å². The Bertz CT molecular complexity index is 513. The molecular weight excluding hydrogens is 275 g/mol. The quantitative estimate of drug-likeness (QED) is 0.813. The number of hydrogen-bond acceptors (Lipinski definition) is 1. The second kappa shape index (κ2) is 5.99. The van der Waals surface area contributed by atoms with Crippen LogP contribution in [0.1, 0.15) is 50.5 Å². The van der Waals surface area contributed by atoms with Crippen molar-refractivity contribution in [3.63, 3.8) is 0 Å². The van der Waals surface area contributed by atoms with Crippen molar-refractivity contribution in [1.29, 1.82) is 0 Å². The van der Waals surface area contributed by atoms with Crippen LogP contribution in [0, 0.1) is 29.3 Å². The van der Waals surface area contributed by atoms with Gasteiger partial charge >= 0.3 is 0 Å². The average Bonchev–Trinajstić information content (AvgIpc) is 3.28. The van der Waals surface area contributed by atoms with E-state index in [9.17, 15) is 13.2 Å². The van der Waals surface area contributed by atoms with Crippen molar-refractivity contribution in [3.05, 3.63) is 35.1 Å². The molecule has 1 aromatic rings. The molecule has 0 radical (unpaired) electrons. The third-order valence-electron chi connectivity index (χ3n) is 4.97. The molecule has 1 N–H and O–H groups in total. The van der Waals surface area contributed by atoms with Gasteiger partial charge in [-0.25, -0.2) is 13.2 Å². The van der Waals surface area contributed by atoms with E-state index in [1.165, 1.54) is 18.9 Å². The van der Waals surface area contributed by atoms with E-state index < -0.39 is 17.5 Å². The fraction of sp³-hybridized carbons (Fsp3) is 0.647. The lowest BCUT2D eigenvalue weighted by molar-refractivity contribution is 0.235. The van der Waals surface area contributed by atoms with E-state index in [-0.39, 0.29) is 5.92 Å². The van der Waals surface area contributed by atoms with Gasteiger partial charge in [0.25, 0.3) is 0 Å². The van der Waals surface area contributed by atoms with Crippen LogP contribution >= 0.6 is 0 Å². The van der Waals surface area contributed by atoms with Gasteiger partial charge in [0.1, 0.15) is 0 Å². The monoisotopic (exact) mass is 297 g/mol. The van der Waals surface area contributed by atoms with Crippen LogP contribution in [-0.4, -0.2) is 12.6 Å². The first-order valence-electron chi connectivity index (χ1n) is 7.93. The molecule has 0 spiro atoms. The van der Waals surface area contributed by atoms with Crippen LogP contribution in [0.3, 0.4) is 0 Å². The van der Waals surface area contributed by atoms with Crippen molar-refractivity contribution >= 4 is 0 Å². The lowest BCUT2D eigenvalue weighted by atomic mass is 9.71. The zero-order valence-electron chi connectivity index (χ0n) is 12.3. The number of halogens is 3. The van der Waals surface area contributed by atoms with Gasteiger partial charge in [-0.1, -0.05) is 19.4 Å². The molecule has 2 aliphatic rings. The van der Waals surface area contributed by atoms with Crippen molar-refractivity contribution in [2.75, 3.05) is 6.54 Å². The fourth-order valence-corrected chi connectivity index (χ4v) is 3.50. The van der Waals surface area contributed by atoms with Gasteiger partial charge in [0.2, 0.25) is 0 Å². The van der Waals surface area contributed by atoms with Crippen molar-refractivity contribution < 1.29 is 13.2 Å². The molecule has 3 rings (SSSR count). The molecule has 1 nitrogen and oxygen atoms in total. The first kappa shape index (κ1) is 14.9. The Morgan fingerprint density at radius 3 is 2.52 bits per heavy atom. The topological polar surface area (TPSA) is 12.0 Å². The summed E-state index contributed by atoms with van der Waals surface area (Å²) >= 11 is 0. The van der Waals surface area contributed by atoms with Crippen molar-refractivity contribution in [2.24, 2.45) is 11.8 Å². The maximum atomic E-state index is 14.1. The summed E-state index contributed by atoms with van der Waals surface area (Å²) in [6, 6.07) is 3.10. The summed E-state index contributed by atoms with van der Waals surface area (Å²) in [5.41, 5.74) is 0.350. The molecule has 21 heavy (non-hydrogen) atoms. The van der Waals surface area contributed by atoms with Crippen LogP contribution in [0.2, 0.25) is 0 Å². The van der Waals surface area contributed by atoms with E-state index in [2.05, 4.69) is 12.2 Å². The summed E-state index contributed by atoms with van der Waals surface area (Å²) in [6.45, 7) is 3.00. The molecule has 116 valence electrons. The molecule has 3 atom stereocenters. The number of benzene rings is 1. The molecule has 0 amide bonds. The Kier molecular flexibility index (Phi) is 4.25. The first-order valence-corrected chi connectivity index (χ1v) is 7.93. The van der Waals surface area contributed by atoms with E-state index in [1.54, 1.807) is 0 Å². The SMILES string of the molecule is CC1CCC(CNC2CC2)C(c2ccc(F)c(F)c2F)C1. The van der Waals surface area contributed by atoms with Crippen molar-refractivity contribution in [2.45, 2.75) is 51.0 Å². The highest BCUT2D eigenvalue weighted by Crippen LogP contribution is 2.42. The Labute approximate surface area is 123 Å². The number of rotatable bonds is 4. The van der Waals surface area contributed by atoms with E-state index in [1.807, 2.05) is 0 Å². The molecule has 3 unspecified atom stereocenters. The van der Waals surface area contributed by atoms with E-state index in [0.29, 0.717) is 23.4 Å². The van der Waals surface area contributed by atoms with Crippen LogP contribution in [0.25, 0.3) is 0 Å². The third-order valence-corrected chi connectivity index (χ3v) is 4.97. The van der Waals surface area contributed by atoms with Crippen molar-refractivity contribution in [3.8, 4) is 0 Å². The second-order valence-electron chi connectivity index (χ2n) is 6.73. The lowest BCUT2D eigenvalue weighted by Crippen LogP contribution is -2.33. The largest absolute Gasteiger partial charge is 0.314 e. The summed E-state index contributed by atoms with van der Waals surface area (Å²) < 4.78 is 40.8. The minimum absolute atomic E-state index is 0.0184. The molecule has 4 heteroatoms. The van der Waals surface area contributed by atoms with Gasteiger partial charge in [-0.3, -0.25) is 0 Å². The van der Waals surface area contributed by atoms with Gasteiger partial charge in [0.05, 0.1) is 0 Å².